The first-order valence-corrected chi connectivity index (χ1v) is 6.01. The molecule has 0 saturated heterocycles. The Morgan fingerprint density at radius 2 is 2.41 bits per heavy atom. The minimum absolute atomic E-state index is 0.0662. The van der Waals surface area contributed by atoms with Gasteiger partial charge in [-0.05, 0) is 23.9 Å². The van der Waals surface area contributed by atoms with Gasteiger partial charge in [-0.25, -0.2) is 14.2 Å². The average molecular weight is 273 g/mol. The normalized spacial score (nSPS) is 21.2. The van der Waals surface area contributed by atoms with Crippen LogP contribution in [0.1, 0.15) is 0 Å². The lowest BCUT2D eigenvalue weighted by Gasteiger charge is -2.13. The third kappa shape index (κ3) is 1.51. The van der Waals surface area contributed by atoms with Crippen LogP contribution >= 0.6 is 23.4 Å². The molecule has 0 radical (unpaired) electrons. The number of rotatable bonds is 1. The molecule has 1 aromatic rings. The molecule has 0 aliphatic carbocycles. The number of carbonyl (C=O) groups is 1. The zero-order valence-electron chi connectivity index (χ0n) is 8.35. The highest BCUT2D eigenvalue weighted by molar-refractivity contribution is 8.15. The molecule has 0 amide bonds. The van der Waals surface area contributed by atoms with Crippen LogP contribution in [0.25, 0.3) is 0 Å². The number of hydrogen-bond acceptors (Lipinski definition) is 4. The maximum Gasteiger partial charge on any atom is 0.330 e. The Labute approximate surface area is 105 Å². The second kappa shape index (κ2) is 3.61. The summed E-state index contributed by atoms with van der Waals surface area (Å²) in [6.07, 6.45) is 0. The minimum atomic E-state index is -0.956. The molecule has 0 unspecified atom stereocenters. The van der Waals surface area contributed by atoms with Crippen molar-refractivity contribution in [2.75, 3.05) is 11.4 Å². The van der Waals surface area contributed by atoms with E-state index in [-0.39, 0.29) is 11.6 Å². The van der Waals surface area contributed by atoms with Crippen LogP contribution in [0.3, 0.4) is 0 Å². The van der Waals surface area contributed by atoms with Gasteiger partial charge in [0.15, 0.2) is 11.2 Å². The molecule has 1 atom stereocenters. The molecule has 88 valence electrons. The number of thioether (sulfide) groups is 1. The molecule has 0 spiro atoms. The summed E-state index contributed by atoms with van der Waals surface area (Å²) in [5.41, 5.74) is 0.726. The molecule has 0 aromatic heterocycles. The van der Waals surface area contributed by atoms with E-state index in [4.69, 9.17) is 16.7 Å². The Kier molecular flexibility index (Phi) is 2.31. The highest BCUT2D eigenvalue weighted by Gasteiger charge is 2.38. The molecule has 7 heteroatoms. The van der Waals surface area contributed by atoms with Crippen molar-refractivity contribution in [3.05, 3.63) is 23.0 Å². The lowest BCUT2D eigenvalue weighted by molar-refractivity contribution is -0.137. The first kappa shape index (κ1) is 10.9. The molecule has 4 nitrogen and oxygen atoms in total. The second-order valence-corrected chi connectivity index (χ2v) is 5.04. The highest BCUT2D eigenvalue weighted by Crippen LogP contribution is 2.47. The van der Waals surface area contributed by atoms with E-state index in [1.54, 1.807) is 11.0 Å². The third-order valence-electron chi connectivity index (χ3n) is 2.65. The number of amidine groups is 1. The summed E-state index contributed by atoms with van der Waals surface area (Å²) in [5.74, 6) is -1.43. The Morgan fingerprint density at radius 3 is 3.12 bits per heavy atom. The molecule has 17 heavy (non-hydrogen) atoms. The SMILES string of the molecule is O=C(O)[C@H]1CN2C(=N1)Sc1c2ccc(F)c1Cl. The Bertz CT molecular complexity index is 563. The summed E-state index contributed by atoms with van der Waals surface area (Å²) in [6.45, 7) is 0.270. The van der Waals surface area contributed by atoms with E-state index in [0.717, 1.165) is 5.69 Å². The van der Waals surface area contributed by atoms with Gasteiger partial charge in [-0.2, -0.15) is 0 Å². The Morgan fingerprint density at radius 1 is 1.65 bits per heavy atom. The summed E-state index contributed by atoms with van der Waals surface area (Å²) < 4.78 is 13.3. The van der Waals surface area contributed by atoms with Gasteiger partial charge in [-0.3, -0.25) is 0 Å². The van der Waals surface area contributed by atoms with Crippen molar-refractivity contribution in [1.82, 2.24) is 0 Å². The number of carboxylic acid groups (broad SMARTS) is 1. The topological polar surface area (TPSA) is 52.9 Å². The summed E-state index contributed by atoms with van der Waals surface area (Å²) in [7, 11) is 0. The van der Waals surface area contributed by atoms with Gasteiger partial charge in [0, 0.05) is 0 Å². The van der Waals surface area contributed by atoms with Crippen LogP contribution in [0.5, 0.6) is 0 Å². The van der Waals surface area contributed by atoms with Gasteiger partial charge < -0.3 is 10.0 Å². The van der Waals surface area contributed by atoms with Crippen LogP contribution in [0, 0.1) is 5.82 Å². The summed E-state index contributed by atoms with van der Waals surface area (Å²) in [5, 5.41) is 9.52. The fourth-order valence-corrected chi connectivity index (χ4v) is 3.22. The number of benzene rings is 1. The van der Waals surface area contributed by atoms with Crippen LogP contribution in [0.4, 0.5) is 10.1 Å². The van der Waals surface area contributed by atoms with Gasteiger partial charge >= 0.3 is 5.97 Å². The van der Waals surface area contributed by atoms with E-state index in [0.29, 0.717) is 10.1 Å². The van der Waals surface area contributed by atoms with Gasteiger partial charge in [-0.15, -0.1) is 0 Å². The number of nitrogens with zero attached hydrogens (tertiary/aromatic N) is 2. The molecular formula is C10H6ClFN2O2S. The monoisotopic (exact) mass is 272 g/mol. The zero-order valence-corrected chi connectivity index (χ0v) is 9.93. The summed E-state index contributed by atoms with van der Waals surface area (Å²) in [4.78, 5) is 17.3. The van der Waals surface area contributed by atoms with Crippen LogP contribution in [-0.4, -0.2) is 28.8 Å². The lowest BCUT2D eigenvalue weighted by Crippen LogP contribution is -2.28. The van der Waals surface area contributed by atoms with Crippen molar-refractivity contribution in [1.29, 1.82) is 0 Å². The fraction of sp³-hybridized carbons (Fsp3) is 0.200. The maximum absolute atomic E-state index is 13.3. The van der Waals surface area contributed by atoms with Gasteiger partial charge in [0.1, 0.15) is 5.82 Å². The van der Waals surface area contributed by atoms with E-state index >= 15 is 0 Å². The fourth-order valence-electron chi connectivity index (χ4n) is 1.83. The quantitative estimate of drug-likeness (QED) is 0.852. The molecule has 2 aliphatic heterocycles. The molecule has 2 heterocycles. The molecule has 0 fully saturated rings. The van der Waals surface area contributed by atoms with Crippen molar-refractivity contribution in [3.63, 3.8) is 0 Å². The third-order valence-corrected chi connectivity index (χ3v) is 4.26. The van der Waals surface area contributed by atoms with Crippen molar-refractivity contribution >= 4 is 40.2 Å². The van der Waals surface area contributed by atoms with Crippen LogP contribution in [0.15, 0.2) is 22.0 Å². The van der Waals surface area contributed by atoms with Crippen molar-refractivity contribution in [3.8, 4) is 0 Å². The molecule has 1 aromatic carbocycles. The number of carboxylic acids is 1. The summed E-state index contributed by atoms with van der Waals surface area (Å²) >= 11 is 7.06. The van der Waals surface area contributed by atoms with Crippen molar-refractivity contribution < 1.29 is 14.3 Å². The second-order valence-electron chi connectivity index (χ2n) is 3.69. The number of anilines is 1. The maximum atomic E-state index is 13.3. The van der Waals surface area contributed by atoms with Crippen LogP contribution < -0.4 is 4.90 Å². The highest BCUT2D eigenvalue weighted by atomic mass is 35.5. The van der Waals surface area contributed by atoms with Crippen molar-refractivity contribution in [2.45, 2.75) is 10.9 Å². The molecule has 0 saturated carbocycles. The summed E-state index contributed by atoms with van der Waals surface area (Å²) in [6, 6.07) is 2.11. The molecule has 2 aliphatic rings. The smallest absolute Gasteiger partial charge is 0.330 e. The van der Waals surface area contributed by atoms with E-state index in [1.165, 1.54) is 17.8 Å². The van der Waals surface area contributed by atoms with E-state index in [1.807, 2.05) is 0 Å². The first-order chi connectivity index (χ1) is 8.08. The van der Waals surface area contributed by atoms with Gasteiger partial charge in [0.2, 0.25) is 0 Å². The number of halogens is 2. The zero-order chi connectivity index (χ0) is 12.2. The number of aliphatic imine (C=N–C) groups is 1. The predicted octanol–water partition coefficient (Wildman–Crippen LogP) is 2.21. The number of fused-ring (bicyclic) bond motifs is 3. The van der Waals surface area contributed by atoms with E-state index in [2.05, 4.69) is 4.99 Å². The van der Waals surface area contributed by atoms with Gasteiger partial charge in [-0.1, -0.05) is 11.6 Å². The molecular weight excluding hydrogens is 267 g/mol. The number of aliphatic carboxylic acids is 1. The number of hydrogen-bond donors (Lipinski definition) is 1. The van der Waals surface area contributed by atoms with E-state index in [9.17, 15) is 9.18 Å². The molecule has 3 rings (SSSR count). The standard InChI is InChI=1S/C10H6ClFN2O2S/c11-7-4(12)1-2-6-8(7)17-10-13-5(9(15)16)3-14(6)10/h1-2,5H,3H2,(H,15,16)/t5-/m1/s1. The van der Waals surface area contributed by atoms with Gasteiger partial charge in [0.25, 0.3) is 0 Å². The van der Waals surface area contributed by atoms with Crippen LogP contribution in [-0.2, 0) is 4.79 Å². The predicted molar refractivity (Wildman–Crippen MR) is 63.5 cm³/mol. The van der Waals surface area contributed by atoms with Crippen molar-refractivity contribution in [2.24, 2.45) is 4.99 Å². The largest absolute Gasteiger partial charge is 0.480 e. The van der Waals surface area contributed by atoms with Crippen LogP contribution in [0.2, 0.25) is 5.02 Å². The minimum Gasteiger partial charge on any atom is -0.480 e. The van der Waals surface area contributed by atoms with E-state index < -0.39 is 17.8 Å². The Hall–Kier alpha value is -1.27. The van der Waals surface area contributed by atoms with Gasteiger partial charge in [0.05, 0.1) is 22.2 Å². The lowest BCUT2D eigenvalue weighted by atomic mass is 10.2. The Balaban J connectivity index is 2.03. The molecule has 1 N–H and O–H groups in total. The average Bonchev–Trinajstić information content (AvgIpc) is 2.81. The molecule has 0 bridgehead atoms. The first-order valence-electron chi connectivity index (χ1n) is 4.82.